The van der Waals surface area contributed by atoms with E-state index in [1.165, 1.54) is 24.8 Å². The van der Waals surface area contributed by atoms with Crippen molar-refractivity contribution in [2.45, 2.75) is 39.2 Å². The Hall–Kier alpha value is -1.79. The average Bonchev–Trinajstić information content (AvgIpc) is 3.06. The van der Waals surface area contributed by atoms with Crippen molar-refractivity contribution in [3.8, 4) is 6.07 Å². The predicted molar refractivity (Wildman–Crippen MR) is 88.2 cm³/mol. The Bertz CT molecular complexity index is 633. The van der Waals surface area contributed by atoms with Crippen LogP contribution in [0.2, 0.25) is 0 Å². The molecule has 1 N–H and O–H groups in total. The molecular weight excluding hydrogens is 258 g/mol. The lowest BCUT2D eigenvalue weighted by Crippen LogP contribution is -2.29. The second-order valence-corrected chi connectivity index (χ2v) is 6.28. The van der Waals surface area contributed by atoms with Gasteiger partial charge in [-0.05, 0) is 63.5 Å². The molecule has 0 amide bonds. The third-order valence-corrected chi connectivity index (χ3v) is 4.50. The summed E-state index contributed by atoms with van der Waals surface area (Å²) in [7, 11) is 4.37. The van der Waals surface area contributed by atoms with E-state index in [1.54, 1.807) is 0 Å². The number of H-pyrrole nitrogens is 1. The molecule has 0 saturated heterocycles. The summed E-state index contributed by atoms with van der Waals surface area (Å²) < 4.78 is 0. The van der Waals surface area contributed by atoms with Gasteiger partial charge in [-0.25, -0.2) is 0 Å². The molecule has 0 radical (unpaired) electrons. The number of nitrogens with one attached hydrogen (secondary N) is 1. The van der Waals surface area contributed by atoms with E-state index in [-0.39, 0.29) is 0 Å². The van der Waals surface area contributed by atoms with Crippen molar-refractivity contribution in [2.24, 2.45) is 5.92 Å². The van der Waals surface area contributed by atoms with Crippen molar-refractivity contribution in [1.82, 2.24) is 9.88 Å². The normalized spacial score (nSPS) is 21.1. The van der Waals surface area contributed by atoms with Gasteiger partial charge in [-0.15, -0.1) is 0 Å². The number of aromatic amines is 1. The van der Waals surface area contributed by atoms with Gasteiger partial charge in [0.25, 0.3) is 0 Å². The SMILES string of the molecule is CC1CCCC1N(C)C.Cc1c[nH]c2ccc(C#N)cc12. The topological polar surface area (TPSA) is 42.8 Å². The Kier molecular flexibility index (Phi) is 5.03. The molecule has 0 aliphatic heterocycles. The molecule has 3 nitrogen and oxygen atoms in total. The lowest BCUT2D eigenvalue weighted by atomic mass is 10.1. The third kappa shape index (κ3) is 3.65. The summed E-state index contributed by atoms with van der Waals surface area (Å²) >= 11 is 0. The molecule has 2 atom stereocenters. The van der Waals surface area contributed by atoms with Gasteiger partial charge in [0, 0.05) is 23.1 Å². The molecule has 1 heterocycles. The largest absolute Gasteiger partial charge is 0.361 e. The van der Waals surface area contributed by atoms with E-state index in [0.717, 1.165) is 22.9 Å². The first-order valence-electron chi connectivity index (χ1n) is 7.67. The van der Waals surface area contributed by atoms with E-state index < -0.39 is 0 Å². The van der Waals surface area contributed by atoms with E-state index in [0.29, 0.717) is 5.56 Å². The molecule has 1 aliphatic carbocycles. The minimum atomic E-state index is 0.713. The quantitative estimate of drug-likeness (QED) is 0.856. The molecule has 21 heavy (non-hydrogen) atoms. The number of hydrogen-bond acceptors (Lipinski definition) is 2. The van der Waals surface area contributed by atoms with E-state index >= 15 is 0 Å². The summed E-state index contributed by atoms with van der Waals surface area (Å²) in [4.78, 5) is 5.49. The highest BCUT2D eigenvalue weighted by molar-refractivity contribution is 5.84. The number of nitrogens with zero attached hydrogens (tertiary/aromatic N) is 2. The second-order valence-electron chi connectivity index (χ2n) is 6.28. The van der Waals surface area contributed by atoms with Crippen LogP contribution in [-0.2, 0) is 0 Å². The van der Waals surface area contributed by atoms with Gasteiger partial charge in [0.1, 0.15) is 0 Å². The Morgan fingerprint density at radius 2 is 2.05 bits per heavy atom. The first-order chi connectivity index (χ1) is 10.0. The standard InChI is InChI=1S/C10H8N2.C8H17N/c1-7-6-12-10-3-2-8(5-11)4-9(7)10;1-7-5-4-6-8(7)9(2)3/h2-4,6,12H,1H3;7-8H,4-6H2,1-3H3. The van der Waals surface area contributed by atoms with Crippen molar-refractivity contribution in [3.05, 3.63) is 35.5 Å². The first-order valence-corrected chi connectivity index (χ1v) is 7.67. The fourth-order valence-corrected chi connectivity index (χ4v) is 3.22. The van der Waals surface area contributed by atoms with Gasteiger partial charge in [0.05, 0.1) is 11.6 Å². The van der Waals surface area contributed by atoms with Crippen LogP contribution in [0.25, 0.3) is 10.9 Å². The van der Waals surface area contributed by atoms with Crippen molar-refractivity contribution < 1.29 is 0 Å². The molecule has 1 fully saturated rings. The van der Waals surface area contributed by atoms with Crippen molar-refractivity contribution in [2.75, 3.05) is 14.1 Å². The summed E-state index contributed by atoms with van der Waals surface area (Å²) in [5, 5.41) is 9.80. The van der Waals surface area contributed by atoms with E-state index in [2.05, 4.69) is 37.0 Å². The summed E-state index contributed by atoms with van der Waals surface area (Å²) in [6.07, 6.45) is 6.23. The zero-order chi connectivity index (χ0) is 15.4. The number of fused-ring (bicyclic) bond motifs is 1. The number of aryl methyl sites for hydroxylation is 1. The van der Waals surface area contributed by atoms with Crippen LogP contribution in [0.5, 0.6) is 0 Å². The maximum atomic E-state index is 8.67. The van der Waals surface area contributed by atoms with Crippen LogP contribution in [0.15, 0.2) is 24.4 Å². The monoisotopic (exact) mass is 283 g/mol. The molecule has 1 aromatic carbocycles. The molecule has 3 rings (SSSR count). The van der Waals surface area contributed by atoms with Gasteiger partial charge in [0.2, 0.25) is 0 Å². The molecular formula is C18H25N3. The zero-order valence-corrected chi connectivity index (χ0v) is 13.5. The number of hydrogen-bond donors (Lipinski definition) is 1. The van der Waals surface area contributed by atoms with Crippen LogP contribution in [0.4, 0.5) is 0 Å². The Morgan fingerprint density at radius 1 is 1.29 bits per heavy atom. The highest BCUT2D eigenvalue weighted by Crippen LogP contribution is 2.27. The molecule has 1 aromatic heterocycles. The summed E-state index contributed by atoms with van der Waals surface area (Å²) in [5.41, 5.74) is 2.99. The maximum absolute atomic E-state index is 8.67. The van der Waals surface area contributed by atoms with Gasteiger partial charge < -0.3 is 9.88 Å². The molecule has 1 saturated carbocycles. The van der Waals surface area contributed by atoms with Crippen LogP contribution < -0.4 is 0 Å². The molecule has 2 aromatic rings. The lowest BCUT2D eigenvalue weighted by molar-refractivity contribution is 0.249. The molecule has 1 aliphatic rings. The molecule has 0 spiro atoms. The molecule has 112 valence electrons. The minimum Gasteiger partial charge on any atom is -0.361 e. The number of benzene rings is 1. The highest BCUT2D eigenvalue weighted by Gasteiger charge is 2.24. The van der Waals surface area contributed by atoms with Crippen LogP contribution in [0.1, 0.15) is 37.3 Å². The van der Waals surface area contributed by atoms with E-state index in [9.17, 15) is 0 Å². The number of aromatic nitrogens is 1. The first kappa shape index (κ1) is 15.6. The number of nitriles is 1. The summed E-state index contributed by atoms with van der Waals surface area (Å²) in [6, 6.07) is 8.64. The van der Waals surface area contributed by atoms with E-state index in [4.69, 9.17) is 5.26 Å². The van der Waals surface area contributed by atoms with Gasteiger partial charge in [0.15, 0.2) is 0 Å². The van der Waals surface area contributed by atoms with Gasteiger partial charge in [-0.2, -0.15) is 5.26 Å². The van der Waals surface area contributed by atoms with Crippen LogP contribution in [0.3, 0.4) is 0 Å². The van der Waals surface area contributed by atoms with Gasteiger partial charge >= 0.3 is 0 Å². The predicted octanol–water partition coefficient (Wildman–Crippen LogP) is 4.08. The lowest BCUT2D eigenvalue weighted by Gasteiger charge is -2.22. The third-order valence-electron chi connectivity index (χ3n) is 4.50. The summed E-state index contributed by atoms with van der Waals surface area (Å²) in [6.45, 7) is 4.39. The van der Waals surface area contributed by atoms with Crippen molar-refractivity contribution in [3.63, 3.8) is 0 Å². The fourth-order valence-electron chi connectivity index (χ4n) is 3.22. The summed E-state index contributed by atoms with van der Waals surface area (Å²) in [5.74, 6) is 0.931. The van der Waals surface area contributed by atoms with Crippen molar-refractivity contribution >= 4 is 10.9 Å². The minimum absolute atomic E-state index is 0.713. The van der Waals surface area contributed by atoms with Crippen molar-refractivity contribution in [1.29, 1.82) is 5.26 Å². The molecule has 3 heteroatoms. The van der Waals surface area contributed by atoms with Crippen LogP contribution in [0, 0.1) is 24.2 Å². The van der Waals surface area contributed by atoms with Gasteiger partial charge in [-0.3, -0.25) is 0 Å². The Balaban J connectivity index is 0.000000161. The van der Waals surface area contributed by atoms with E-state index in [1.807, 2.05) is 31.3 Å². The zero-order valence-electron chi connectivity index (χ0n) is 13.5. The highest BCUT2D eigenvalue weighted by atomic mass is 15.1. The van der Waals surface area contributed by atoms with Crippen LogP contribution in [-0.4, -0.2) is 30.0 Å². The molecule has 2 unspecified atom stereocenters. The number of rotatable bonds is 1. The fraction of sp³-hybridized carbons (Fsp3) is 0.500. The Morgan fingerprint density at radius 3 is 2.57 bits per heavy atom. The van der Waals surface area contributed by atoms with Gasteiger partial charge in [-0.1, -0.05) is 13.3 Å². The maximum Gasteiger partial charge on any atom is 0.0991 e. The average molecular weight is 283 g/mol. The Labute approximate surface area is 127 Å². The van der Waals surface area contributed by atoms with Crippen LogP contribution >= 0.6 is 0 Å². The second kappa shape index (κ2) is 6.78. The molecule has 0 bridgehead atoms. The smallest absolute Gasteiger partial charge is 0.0991 e.